The molecule has 2 atom stereocenters. The Labute approximate surface area is 128 Å². The standard InChI is InChI=1S/C12H16Cl2N2O3S/c1-7-12(2,5-6-19-7)16-20(17,18)9-4-3-8(13)11(15)10(9)14/h3-4,7,16H,5-6,15H2,1-2H3. The summed E-state index contributed by atoms with van der Waals surface area (Å²) in [5, 5.41) is 0.151. The van der Waals surface area contributed by atoms with Crippen LogP contribution in [-0.4, -0.2) is 26.7 Å². The molecule has 0 saturated carbocycles. The van der Waals surface area contributed by atoms with Crippen molar-refractivity contribution < 1.29 is 13.2 Å². The molecule has 3 N–H and O–H groups in total. The van der Waals surface area contributed by atoms with Crippen molar-refractivity contribution in [1.29, 1.82) is 0 Å². The van der Waals surface area contributed by atoms with Gasteiger partial charge >= 0.3 is 0 Å². The SMILES string of the molecule is CC1OCCC1(C)NS(=O)(=O)c1ccc(Cl)c(N)c1Cl. The summed E-state index contributed by atoms with van der Waals surface area (Å²) in [6.07, 6.45) is 0.370. The molecule has 2 unspecified atom stereocenters. The van der Waals surface area contributed by atoms with Crippen molar-refractivity contribution in [1.82, 2.24) is 4.72 Å². The second-order valence-electron chi connectivity index (χ2n) is 5.06. The van der Waals surface area contributed by atoms with E-state index in [0.717, 1.165) is 0 Å². The average Bonchev–Trinajstić information content (AvgIpc) is 2.65. The molecule has 0 radical (unpaired) electrons. The van der Waals surface area contributed by atoms with Gasteiger partial charge in [0.1, 0.15) is 4.90 Å². The van der Waals surface area contributed by atoms with E-state index < -0.39 is 15.6 Å². The van der Waals surface area contributed by atoms with Crippen molar-refractivity contribution in [3.63, 3.8) is 0 Å². The molecule has 0 aromatic heterocycles. The van der Waals surface area contributed by atoms with Gasteiger partial charge < -0.3 is 10.5 Å². The fraction of sp³-hybridized carbons (Fsp3) is 0.500. The number of nitrogens with one attached hydrogen (secondary N) is 1. The number of benzene rings is 1. The number of rotatable bonds is 3. The highest BCUT2D eigenvalue weighted by molar-refractivity contribution is 7.89. The Hall–Kier alpha value is -0.530. The molecule has 1 aromatic rings. The summed E-state index contributed by atoms with van der Waals surface area (Å²) in [6.45, 7) is 4.14. The third-order valence-corrected chi connectivity index (χ3v) is 6.14. The van der Waals surface area contributed by atoms with Crippen LogP contribution in [0.5, 0.6) is 0 Å². The Morgan fingerprint density at radius 3 is 2.65 bits per heavy atom. The molecule has 1 heterocycles. The minimum Gasteiger partial charge on any atom is -0.396 e. The molecule has 8 heteroatoms. The Bertz CT molecular complexity index is 636. The molecule has 0 aliphatic carbocycles. The zero-order valence-corrected chi connectivity index (χ0v) is 13.4. The summed E-state index contributed by atoms with van der Waals surface area (Å²) in [6, 6.07) is 2.75. The molecule has 1 aliphatic heterocycles. The number of hydrogen-bond acceptors (Lipinski definition) is 4. The molecule has 0 amide bonds. The minimum atomic E-state index is -3.81. The van der Waals surface area contributed by atoms with E-state index in [1.54, 1.807) is 6.92 Å². The number of hydrogen-bond donors (Lipinski definition) is 2. The van der Waals surface area contributed by atoms with Crippen LogP contribution >= 0.6 is 23.2 Å². The van der Waals surface area contributed by atoms with E-state index >= 15 is 0 Å². The number of anilines is 1. The van der Waals surface area contributed by atoms with Crippen LogP contribution in [-0.2, 0) is 14.8 Å². The molecule has 1 saturated heterocycles. The second kappa shape index (κ2) is 5.35. The van der Waals surface area contributed by atoms with Crippen LogP contribution < -0.4 is 10.5 Å². The maximum atomic E-state index is 12.5. The summed E-state index contributed by atoms with van der Waals surface area (Å²) in [7, 11) is -3.81. The molecular weight excluding hydrogens is 323 g/mol. The first-order chi connectivity index (χ1) is 9.17. The first kappa shape index (κ1) is 15.9. The van der Waals surface area contributed by atoms with Crippen molar-refractivity contribution in [2.45, 2.75) is 36.8 Å². The Morgan fingerprint density at radius 1 is 1.45 bits per heavy atom. The van der Waals surface area contributed by atoms with Gasteiger partial charge in [-0.3, -0.25) is 0 Å². The molecule has 5 nitrogen and oxygen atoms in total. The summed E-state index contributed by atoms with van der Waals surface area (Å²) >= 11 is 11.8. The zero-order valence-electron chi connectivity index (χ0n) is 11.1. The van der Waals surface area contributed by atoms with Crippen molar-refractivity contribution in [2.24, 2.45) is 0 Å². The normalized spacial score (nSPS) is 26.9. The van der Waals surface area contributed by atoms with Gasteiger partial charge in [0.05, 0.1) is 27.4 Å². The van der Waals surface area contributed by atoms with Crippen molar-refractivity contribution in [3.05, 3.63) is 22.2 Å². The van der Waals surface area contributed by atoms with Crippen LogP contribution in [0.4, 0.5) is 5.69 Å². The maximum absolute atomic E-state index is 12.5. The van der Waals surface area contributed by atoms with E-state index in [1.165, 1.54) is 12.1 Å². The van der Waals surface area contributed by atoms with Gasteiger partial charge in [-0.1, -0.05) is 23.2 Å². The predicted octanol–water partition coefficient (Wildman–Crippen LogP) is 2.42. The molecule has 1 aromatic carbocycles. The highest BCUT2D eigenvalue weighted by Gasteiger charge is 2.41. The Kier molecular flexibility index (Phi) is 4.24. The van der Waals surface area contributed by atoms with Crippen LogP contribution in [0.1, 0.15) is 20.3 Å². The molecule has 1 fully saturated rings. The number of nitrogens with two attached hydrogens (primary N) is 1. The molecule has 2 rings (SSSR count). The highest BCUT2D eigenvalue weighted by atomic mass is 35.5. The van der Waals surface area contributed by atoms with E-state index in [2.05, 4.69) is 4.72 Å². The largest absolute Gasteiger partial charge is 0.396 e. The second-order valence-corrected chi connectivity index (χ2v) is 7.50. The van der Waals surface area contributed by atoms with Crippen LogP contribution in [0.2, 0.25) is 10.0 Å². The van der Waals surface area contributed by atoms with Gasteiger partial charge in [0.2, 0.25) is 10.0 Å². The van der Waals surface area contributed by atoms with E-state index in [0.29, 0.717) is 13.0 Å². The first-order valence-electron chi connectivity index (χ1n) is 6.06. The number of sulfonamides is 1. The number of nitrogen functional groups attached to an aromatic ring is 1. The van der Waals surface area contributed by atoms with Crippen molar-refractivity contribution >= 4 is 38.9 Å². The monoisotopic (exact) mass is 338 g/mol. The lowest BCUT2D eigenvalue weighted by atomic mass is 9.97. The fourth-order valence-corrected chi connectivity index (χ4v) is 4.35. The van der Waals surface area contributed by atoms with Gasteiger partial charge in [0.25, 0.3) is 0 Å². The molecule has 112 valence electrons. The van der Waals surface area contributed by atoms with Crippen LogP contribution in [0.25, 0.3) is 0 Å². The highest BCUT2D eigenvalue weighted by Crippen LogP contribution is 2.34. The zero-order chi connectivity index (χ0) is 15.1. The van der Waals surface area contributed by atoms with Gasteiger partial charge in [-0.25, -0.2) is 13.1 Å². The lowest BCUT2D eigenvalue weighted by Gasteiger charge is -2.28. The summed E-state index contributed by atoms with van der Waals surface area (Å²) in [5.41, 5.74) is 5.05. The third-order valence-electron chi connectivity index (χ3n) is 3.63. The summed E-state index contributed by atoms with van der Waals surface area (Å²) in [4.78, 5) is -0.0820. The van der Waals surface area contributed by atoms with Gasteiger partial charge in [0, 0.05) is 6.61 Å². The van der Waals surface area contributed by atoms with Crippen LogP contribution in [0, 0.1) is 0 Å². The smallest absolute Gasteiger partial charge is 0.242 e. The topological polar surface area (TPSA) is 81.4 Å². The first-order valence-corrected chi connectivity index (χ1v) is 8.30. The molecule has 1 aliphatic rings. The lowest BCUT2D eigenvalue weighted by molar-refractivity contribution is 0.0957. The number of halogens is 2. The minimum absolute atomic E-state index is 0.0529. The van der Waals surface area contributed by atoms with Gasteiger partial charge in [-0.15, -0.1) is 0 Å². The van der Waals surface area contributed by atoms with Crippen LogP contribution in [0.3, 0.4) is 0 Å². The summed E-state index contributed by atoms with van der Waals surface area (Å²) < 4.78 is 33.0. The average molecular weight is 339 g/mol. The maximum Gasteiger partial charge on any atom is 0.242 e. The fourth-order valence-electron chi connectivity index (χ4n) is 2.09. The van der Waals surface area contributed by atoms with Crippen LogP contribution in [0.15, 0.2) is 17.0 Å². The molecule has 0 spiro atoms. The lowest BCUT2D eigenvalue weighted by Crippen LogP contribution is -2.50. The Balaban J connectivity index is 2.39. The van der Waals surface area contributed by atoms with E-state index in [4.69, 9.17) is 33.7 Å². The van der Waals surface area contributed by atoms with E-state index in [9.17, 15) is 8.42 Å². The third kappa shape index (κ3) is 2.76. The quantitative estimate of drug-likeness (QED) is 0.829. The van der Waals surface area contributed by atoms with Gasteiger partial charge in [-0.2, -0.15) is 0 Å². The van der Waals surface area contributed by atoms with E-state index in [1.807, 2.05) is 6.92 Å². The van der Waals surface area contributed by atoms with E-state index in [-0.39, 0.29) is 26.7 Å². The molecule has 0 bridgehead atoms. The predicted molar refractivity (Wildman–Crippen MR) is 79.6 cm³/mol. The van der Waals surface area contributed by atoms with Crippen molar-refractivity contribution in [2.75, 3.05) is 12.3 Å². The van der Waals surface area contributed by atoms with Crippen molar-refractivity contribution in [3.8, 4) is 0 Å². The number of ether oxygens (including phenoxy) is 1. The summed E-state index contributed by atoms with van der Waals surface area (Å²) in [5.74, 6) is 0. The van der Waals surface area contributed by atoms with Gasteiger partial charge in [-0.05, 0) is 32.4 Å². The Morgan fingerprint density at radius 2 is 2.10 bits per heavy atom. The van der Waals surface area contributed by atoms with Gasteiger partial charge in [0.15, 0.2) is 0 Å². The molecule has 20 heavy (non-hydrogen) atoms. The molecular formula is C12H16Cl2N2O3S.